The Kier molecular flexibility index (Phi) is 5.66. The van der Waals surface area contributed by atoms with E-state index in [9.17, 15) is 4.79 Å². The fraction of sp³-hybridized carbons (Fsp3) is 0.630. The van der Waals surface area contributed by atoms with E-state index in [2.05, 4.69) is 62.8 Å². The van der Waals surface area contributed by atoms with Crippen molar-refractivity contribution in [2.75, 3.05) is 19.7 Å². The largest absolute Gasteiger partial charge is 0.480 e. The summed E-state index contributed by atoms with van der Waals surface area (Å²) in [5, 5.41) is 3.64. The number of carbonyl (C=O) groups excluding carboxylic acids is 1. The van der Waals surface area contributed by atoms with E-state index in [1.807, 2.05) is 11.8 Å². The van der Waals surface area contributed by atoms with Crippen LogP contribution in [0.2, 0.25) is 0 Å². The summed E-state index contributed by atoms with van der Waals surface area (Å²) in [6.45, 7) is 12.6. The number of ether oxygens (including phenoxy) is 2. The Morgan fingerprint density at radius 2 is 2.12 bits per heavy atom. The molecule has 2 aromatic rings. The van der Waals surface area contributed by atoms with E-state index in [-0.39, 0.29) is 17.7 Å². The molecule has 3 aliphatic rings. The number of amides is 1. The summed E-state index contributed by atoms with van der Waals surface area (Å²) in [7, 11) is 2.16. The number of likely N-dealkylation sites (tertiary alicyclic amines) is 1. The molecule has 3 atom stereocenters. The van der Waals surface area contributed by atoms with Crippen molar-refractivity contribution in [3.8, 4) is 17.0 Å². The number of nitrogens with one attached hydrogen (secondary N) is 1. The Labute approximate surface area is 202 Å². The standard InChI is InChI=1S/C27H38N4O3/c1-7-33-25(32)31-13-11-27(15-18(31)3)23-22(20-9-8-17(2)14-21(20)34-27)29-24(30(23)6)19-10-12-28-26(4,5)16-19/h8-9,14,18-19,28H,7,10-13,15-16H2,1-6H3/t18-,19+,27+/m0/s1. The van der Waals surface area contributed by atoms with Crippen molar-refractivity contribution in [2.24, 2.45) is 7.05 Å². The van der Waals surface area contributed by atoms with Gasteiger partial charge in [0.25, 0.3) is 0 Å². The first-order valence-corrected chi connectivity index (χ1v) is 12.7. The van der Waals surface area contributed by atoms with Crippen LogP contribution in [0.1, 0.15) is 76.4 Å². The molecule has 7 nitrogen and oxygen atoms in total. The van der Waals surface area contributed by atoms with Crippen molar-refractivity contribution < 1.29 is 14.3 Å². The molecule has 0 unspecified atom stereocenters. The lowest BCUT2D eigenvalue weighted by Crippen LogP contribution is -2.54. The average molecular weight is 467 g/mol. The lowest BCUT2D eigenvalue weighted by atomic mass is 9.80. The molecule has 0 bridgehead atoms. The van der Waals surface area contributed by atoms with Crippen LogP contribution in [0.3, 0.4) is 0 Å². The minimum absolute atomic E-state index is 0.00294. The molecule has 0 aliphatic carbocycles. The van der Waals surface area contributed by atoms with Gasteiger partial charge < -0.3 is 24.3 Å². The zero-order valence-electron chi connectivity index (χ0n) is 21.4. The smallest absolute Gasteiger partial charge is 0.409 e. The molecule has 7 heteroatoms. The van der Waals surface area contributed by atoms with E-state index in [1.54, 1.807) is 0 Å². The van der Waals surface area contributed by atoms with Crippen molar-refractivity contribution in [3.05, 3.63) is 35.3 Å². The normalized spacial score (nSPS) is 27.6. The van der Waals surface area contributed by atoms with Crippen LogP contribution in [0.5, 0.6) is 5.75 Å². The fourth-order valence-corrected chi connectivity index (χ4v) is 6.35. The Morgan fingerprint density at radius 1 is 1.32 bits per heavy atom. The van der Waals surface area contributed by atoms with Crippen LogP contribution in [0.4, 0.5) is 4.79 Å². The minimum Gasteiger partial charge on any atom is -0.480 e. The van der Waals surface area contributed by atoms with E-state index in [4.69, 9.17) is 14.5 Å². The van der Waals surface area contributed by atoms with Gasteiger partial charge in [-0.3, -0.25) is 0 Å². The highest BCUT2D eigenvalue weighted by atomic mass is 16.6. The average Bonchev–Trinajstić information content (AvgIpc) is 3.11. The molecule has 4 heterocycles. The second-order valence-electron chi connectivity index (χ2n) is 11.0. The number of nitrogens with zero attached hydrogens (tertiary/aromatic N) is 3. The van der Waals surface area contributed by atoms with Gasteiger partial charge in [0.1, 0.15) is 11.6 Å². The Balaban J connectivity index is 1.59. The number of carbonyl (C=O) groups is 1. The first-order chi connectivity index (χ1) is 16.1. The lowest BCUT2D eigenvalue weighted by Gasteiger charge is -2.47. The summed E-state index contributed by atoms with van der Waals surface area (Å²) in [4.78, 5) is 19.7. The van der Waals surface area contributed by atoms with Gasteiger partial charge in [-0.15, -0.1) is 0 Å². The number of imidazole rings is 1. The summed E-state index contributed by atoms with van der Waals surface area (Å²) in [6, 6.07) is 6.42. The third-order valence-electron chi connectivity index (χ3n) is 7.89. The number of fused-ring (bicyclic) bond motifs is 4. The van der Waals surface area contributed by atoms with E-state index < -0.39 is 5.60 Å². The van der Waals surface area contributed by atoms with Crippen molar-refractivity contribution in [1.82, 2.24) is 19.8 Å². The number of rotatable bonds is 2. The summed E-state index contributed by atoms with van der Waals surface area (Å²) in [5.74, 6) is 2.45. The summed E-state index contributed by atoms with van der Waals surface area (Å²) >= 11 is 0. The summed E-state index contributed by atoms with van der Waals surface area (Å²) < 4.78 is 14.5. The number of hydrogen-bond acceptors (Lipinski definition) is 5. The molecule has 3 aliphatic heterocycles. The van der Waals surface area contributed by atoms with Crippen molar-refractivity contribution in [3.63, 3.8) is 0 Å². The molecule has 1 aromatic carbocycles. The Morgan fingerprint density at radius 3 is 2.82 bits per heavy atom. The molecule has 1 aromatic heterocycles. The van der Waals surface area contributed by atoms with Crippen LogP contribution in [0.25, 0.3) is 11.3 Å². The Bertz CT molecular complexity index is 1110. The second kappa shape index (κ2) is 8.29. The number of piperidine rings is 2. The Hall–Kier alpha value is -2.54. The molecular weight excluding hydrogens is 428 g/mol. The molecule has 5 rings (SSSR count). The topological polar surface area (TPSA) is 68.6 Å². The van der Waals surface area contributed by atoms with Gasteiger partial charge in [-0.1, -0.05) is 6.07 Å². The quantitative estimate of drug-likeness (QED) is 0.684. The third kappa shape index (κ3) is 3.78. The first kappa shape index (κ1) is 23.2. The predicted molar refractivity (Wildman–Crippen MR) is 132 cm³/mol. The molecule has 2 saturated heterocycles. The van der Waals surface area contributed by atoms with Gasteiger partial charge in [-0.05, 0) is 71.7 Å². The van der Waals surface area contributed by atoms with Crippen molar-refractivity contribution >= 4 is 6.09 Å². The molecule has 1 N–H and O–H groups in total. The zero-order chi connectivity index (χ0) is 24.3. The fourth-order valence-electron chi connectivity index (χ4n) is 6.35. The molecule has 2 fully saturated rings. The van der Waals surface area contributed by atoms with Gasteiger partial charge in [-0.25, -0.2) is 9.78 Å². The minimum atomic E-state index is -0.513. The van der Waals surface area contributed by atoms with E-state index in [0.717, 1.165) is 47.9 Å². The van der Waals surface area contributed by atoms with E-state index >= 15 is 0 Å². The SMILES string of the molecule is CCOC(=O)N1CC[C@]2(C[C@@H]1C)Oc1cc(C)ccc1-c1nc([C@@H]3CCNC(C)(C)C3)n(C)c12. The molecular formula is C27H38N4O3. The summed E-state index contributed by atoms with van der Waals surface area (Å²) in [6.07, 6.45) is 3.32. The highest BCUT2D eigenvalue weighted by molar-refractivity contribution is 5.74. The van der Waals surface area contributed by atoms with Gasteiger partial charge in [-0.2, -0.15) is 0 Å². The van der Waals surface area contributed by atoms with Crippen molar-refractivity contribution in [1.29, 1.82) is 0 Å². The number of aryl methyl sites for hydroxylation is 1. The molecule has 1 spiro atoms. The van der Waals surface area contributed by atoms with Gasteiger partial charge in [0.15, 0.2) is 5.60 Å². The van der Waals surface area contributed by atoms with Crippen LogP contribution in [0.15, 0.2) is 18.2 Å². The third-order valence-corrected chi connectivity index (χ3v) is 7.89. The van der Waals surface area contributed by atoms with Crippen LogP contribution >= 0.6 is 0 Å². The summed E-state index contributed by atoms with van der Waals surface area (Å²) in [5.41, 5.74) is 4.03. The first-order valence-electron chi connectivity index (χ1n) is 12.7. The molecule has 1 amide bonds. The zero-order valence-corrected chi connectivity index (χ0v) is 21.4. The van der Waals surface area contributed by atoms with Crippen molar-refractivity contribution in [2.45, 2.75) is 83.4 Å². The monoisotopic (exact) mass is 466 g/mol. The van der Waals surface area contributed by atoms with Crippen LogP contribution in [0, 0.1) is 6.92 Å². The van der Waals surface area contributed by atoms with Gasteiger partial charge >= 0.3 is 6.09 Å². The maximum Gasteiger partial charge on any atom is 0.409 e. The molecule has 0 radical (unpaired) electrons. The number of benzene rings is 1. The van der Waals surface area contributed by atoms with Crippen LogP contribution < -0.4 is 10.1 Å². The lowest BCUT2D eigenvalue weighted by molar-refractivity contribution is -0.0313. The van der Waals surface area contributed by atoms with Gasteiger partial charge in [0.2, 0.25) is 0 Å². The van der Waals surface area contributed by atoms with Crippen LogP contribution in [-0.2, 0) is 17.4 Å². The number of aromatic nitrogens is 2. The molecule has 34 heavy (non-hydrogen) atoms. The van der Waals surface area contributed by atoms with Gasteiger partial charge in [0.05, 0.1) is 18.0 Å². The van der Waals surface area contributed by atoms with E-state index in [1.165, 1.54) is 5.56 Å². The second-order valence-corrected chi connectivity index (χ2v) is 11.0. The molecule has 184 valence electrons. The number of hydrogen-bond donors (Lipinski definition) is 1. The van der Waals surface area contributed by atoms with Crippen LogP contribution in [-0.4, -0.2) is 51.8 Å². The maximum absolute atomic E-state index is 12.5. The molecule has 0 saturated carbocycles. The maximum atomic E-state index is 12.5. The van der Waals surface area contributed by atoms with E-state index in [0.29, 0.717) is 31.9 Å². The highest BCUT2D eigenvalue weighted by Crippen LogP contribution is 2.51. The highest BCUT2D eigenvalue weighted by Gasteiger charge is 2.50. The van der Waals surface area contributed by atoms with Gasteiger partial charge in [0, 0.05) is 49.5 Å². The predicted octanol–water partition coefficient (Wildman–Crippen LogP) is 4.87.